The number of hydrogen-bond acceptors (Lipinski definition) is 4. The highest BCUT2D eigenvalue weighted by Gasteiger charge is 2.24. The molecular formula is C15H27N5O. The zero-order chi connectivity index (χ0) is 15.6. The Kier molecular flexibility index (Phi) is 4.88. The summed E-state index contributed by atoms with van der Waals surface area (Å²) in [6.07, 6.45) is 1.15. The van der Waals surface area contributed by atoms with Crippen LogP contribution >= 0.6 is 0 Å². The predicted molar refractivity (Wildman–Crippen MR) is 84.0 cm³/mol. The molecule has 21 heavy (non-hydrogen) atoms. The van der Waals surface area contributed by atoms with Crippen LogP contribution in [0.5, 0.6) is 0 Å². The molecule has 118 valence electrons. The molecule has 2 N–H and O–H groups in total. The number of nitrogen functional groups attached to an aromatic ring is 1. The van der Waals surface area contributed by atoms with Crippen LogP contribution < -0.4 is 5.73 Å². The van der Waals surface area contributed by atoms with Crippen molar-refractivity contribution in [3.05, 3.63) is 11.4 Å². The molecule has 0 spiro atoms. The summed E-state index contributed by atoms with van der Waals surface area (Å²) in [7, 11) is 0. The molecule has 0 bridgehead atoms. The summed E-state index contributed by atoms with van der Waals surface area (Å²) >= 11 is 0. The minimum absolute atomic E-state index is 0.129. The molecule has 1 aliphatic rings. The smallest absolute Gasteiger partial charge is 0.244 e. The minimum Gasteiger partial charge on any atom is -0.396 e. The maximum Gasteiger partial charge on any atom is 0.244 e. The Bertz CT molecular complexity index is 502. The lowest BCUT2D eigenvalue weighted by molar-refractivity contribution is -0.134. The molecular weight excluding hydrogens is 266 g/mol. The van der Waals surface area contributed by atoms with Crippen molar-refractivity contribution in [2.24, 2.45) is 0 Å². The van der Waals surface area contributed by atoms with Gasteiger partial charge in [-0.2, -0.15) is 5.10 Å². The lowest BCUT2D eigenvalue weighted by Gasteiger charge is -2.37. The molecule has 2 heterocycles. The van der Waals surface area contributed by atoms with E-state index in [2.05, 4.69) is 23.8 Å². The van der Waals surface area contributed by atoms with E-state index in [0.29, 0.717) is 11.7 Å². The molecule has 6 nitrogen and oxygen atoms in total. The number of aryl methyl sites for hydroxylation is 1. The second kappa shape index (κ2) is 6.47. The van der Waals surface area contributed by atoms with Gasteiger partial charge in [0, 0.05) is 32.2 Å². The largest absolute Gasteiger partial charge is 0.396 e. The highest BCUT2D eigenvalue weighted by Crippen LogP contribution is 2.15. The third-order valence-electron chi connectivity index (χ3n) is 4.60. The maximum atomic E-state index is 12.4. The van der Waals surface area contributed by atoms with Gasteiger partial charge in [0.2, 0.25) is 5.91 Å². The zero-order valence-electron chi connectivity index (χ0n) is 13.6. The fourth-order valence-corrected chi connectivity index (χ4v) is 2.76. The van der Waals surface area contributed by atoms with Gasteiger partial charge in [-0.3, -0.25) is 14.4 Å². The molecule has 1 aromatic heterocycles. The standard InChI is InChI=1S/C15H27N5O/c1-5-11(2)18-6-8-19(9-7-18)14(21)10-20-13(4)15(16)12(3)17-20/h11H,5-10,16H2,1-4H3. The van der Waals surface area contributed by atoms with Gasteiger partial charge in [-0.05, 0) is 27.2 Å². The van der Waals surface area contributed by atoms with Crippen LogP contribution in [0.1, 0.15) is 31.7 Å². The van der Waals surface area contributed by atoms with E-state index in [1.54, 1.807) is 4.68 Å². The lowest BCUT2D eigenvalue weighted by atomic mass is 10.2. The number of aromatic nitrogens is 2. The quantitative estimate of drug-likeness (QED) is 0.900. The van der Waals surface area contributed by atoms with Gasteiger partial charge in [0.1, 0.15) is 6.54 Å². The molecule has 1 amide bonds. The van der Waals surface area contributed by atoms with Gasteiger partial charge < -0.3 is 10.6 Å². The van der Waals surface area contributed by atoms with Crippen LogP contribution in [0.25, 0.3) is 0 Å². The molecule has 0 saturated carbocycles. The molecule has 1 saturated heterocycles. The van der Waals surface area contributed by atoms with Crippen LogP contribution in [0.4, 0.5) is 5.69 Å². The maximum absolute atomic E-state index is 12.4. The number of nitrogens with two attached hydrogens (primary N) is 1. The molecule has 0 aliphatic carbocycles. The Labute approximate surface area is 126 Å². The molecule has 1 fully saturated rings. The van der Waals surface area contributed by atoms with E-state index in [-0.39, 0.29) is 12.5 Å². The summed E-state index contributed by atoms with van der Waals surface area (Å²) in [5.41, 5.74) is 8.26. The Morgan fingerprint density at radius 1 is 1.29 bits per heavy atom. The zero-order valence-corrected chi connectivity index (χ0v) is 13.6. The summed E-state index contributed by atoms with van der Waals surface area (Å²) < 4.78 is 1.72. The highest BCUT2D eigenvalue weighted by molar-refractivity contribution is 5.76. The van der Waals surface area contributed by atoms with Gasteiger partial charge in [0.25, 0.3) is 0 Å². The summed E-state index contributed by atoms with van der Waals surface area (Å²) in [4.78, 5) is 16.8. The molecule has 0 aromatic carbocycles. The first kappa shape index (κ1) is 15.8. The average Bonchev–Trinajstić information content (AvgIpc) is 2.74. The minimum atomic E-state index is 0.129. The van der Waals surface area contributed by atoms with Gasteiger partial charge in [0.15, 0.2) is 0 Å². The predicted octanol–water partition coefficient (Wildman–Crippen LogP) is 1.02. The van der Waals surface area contributed by atoms with E-state index in [9.17, 15) is 4.79 Å². The normalized spacial score (nSPS) is 18.0. The van der Waals surface area contributed by atoms with Crippen molar-refractivity contribution in [1.29, 1.82) is 0 Å². The van der Waals surface area contributed by atoms with Crippen LogP contribution in [0.2, 0.25) is 0 Å². The summed E-state index contributed by atoms with van der Waals surface area (Å²) in [5.74, 6) is 0.129. The van der Waals surface area contributed by atoms with E-state index in [4.69, 9.17) is 5.73 Å². The number of piperazine rings is 1. The second-order valence-corrected chi connectivity index (χ2v) is 5.92. The van der Waals surface area contributed by atoms with Gasteiger partial charge in [-0.1, -0.05) is 6.92 Å². The lowest BCUT2D eigenvalue weighted by Crippen LogP contribution is -2.51. The Hall–Kier alpha value is -1.56. The van der Waals surface area contributed by atoms with Crippen LogP contribution in [0.15, 0.2) is 0 Å². The third-order valence-corrected chi connectivity index (χ3v) is 4.60. The molecule has 0 radical (unpaired) electrons. The summed E-state index contributed by atoms with van der Waals surface area (Å²) in [6, 6.07) is 0.595. The van der Waals surface area contributed by atoms with Crippen molar-refractivity contribution in [3.8, 4) is 0 Å². The number of amides is 1. The Morgan fingerprint density at radius 3 is 2.38 bits per heavy atom. The topological polar surface area (TPSA) is 67.4 Å². The molecule has 1 aromatic rings. The van der Waals surface area contributed by atoms with Crippen molar-refractivity contribution >= 4 is 11.6 Å². The van der Waals surface area contributed by atoms with E-state index in [1.807, 2.05) is 18.7 Å². The second-order valence-electron chi connectivity index (χ2n) is 5.92. The van der Waals surface area contributed by atoms with Gasteiger partial charge in [0.05, 0.1) is 17.1 Å². The fourth-order valence-electron chi connectivity index (χ4n) is 2.76. The summed E-state index contributed by atoms with van der Waals surface area (Å²) in [6.45, 7) is 12.0. The van der Waals surface area contributed by atoms with Gasteiger partial charge in [-0.25, -0.2) is 0 Å². The molecule has 6 heteroatoms. The number of carbonyl (C=O) groups excluding carboxylic acids is 1. The van der Waals surface area contributed by atoms with Crippen LogP contribution in [0, 0.1) is 13.8 Å². The van der Waals surface area contributed by atoms with Gasteiger partial charge in [-0.15, -0.1) is 0 Å². The van der Waals surface area contributed by atoms with Crippen molar-refractivity contribution < 1.29 is 4.79 Å². The van der Waals surface area contributed by atoms with E-state index in [0.717, 1.165) is 44.0 Å². The number of hydrogen-bond donors (Lipinski definition) is 1. The van der Waals surface area contributed by atoms with Crippen molar-refractivity contribution in [3.63, 3.8) is 0 Å². The first-order valence-electron chi connectivity index (χ1n) is 7.75. The third kappa shape index (κ3) is 3.37. The van der Waals surface area contributed by atoms with E-state index >= 15 is 0 Å². The Balaban J connectivity index is 1.92. The first-order valence-corrected chi connectivity index (χ1v) is 7.75. The first-order chi connectivity index (χ1) is 9.93. The number of carbonyl (C=O) groups is 1. The number of anilines is 1. The molecule has 1 aliphatic heterocycles. The van der Waals surface area contributed by atoms with E-state index in [1.165, 1.54) is 0 Å². The van der Waals surface area contributed by atoms with Crippen LogP contribution in [-0.2, 0) is 11.3 Å². The monoisotopic (exact) mass is 293 g/mol. The van der Waals surface area contributed by atoms with Crippen LogP contribution in [0.3, 0.4) is 0 Å². The van der Waals surface area contributed by atoms with E-state index < -0.39 is 0 Å². The molecule has 2 rings (SSSR count). The highest BCUT2D eigenvalue weighted by atomic mass is 16.2. The fraction of sp³-hybridized carbons (Fsp3) is 0.733. The SMILES string of the molecule is CCC(C)N1CCN(C(=O)Cn2nc(C)c(N)c2C)CC1. The number of nitrogens with zero attached hydrogens (tertiary/aromatic N) is 4. The van der Waals surface area contributed by atoms with Crippen LogP contribution in [-0.4, -0.2) is 57.7 Å². The van der Waals surface area contributed by atoms with Crippen molar-refractivity contribution in [1.82, 2.24) is 19.6 Å². The average molecular weight is 293 g/mol. The van der Waals surface area contributed by atoms with Gasteiger partial charge >= 0.3 is 0 Å². The molecule has 1 atom stereocenters. The van der Waals surface area contributed by atoms with Crippen molar-refractivity contribution in [2.75, 3.05) is 31.9 Å². The summed E-state index contributed by atoms with van der Waals surface area (Å²) in [5, 5.41) is 4.33. The Morgan fingerprint density at radius 2 is 1.90 bits per heavy atom. The van der Waals surface area contributed by atoms with Crippen molar-refractivity contribution in [2.45, 2.75) is 46.7 Å². The number of rotatable bonds is 4. The molecule has 1 unspecified atom stereocenters.